The monoisotopic (exact) mass is 331 g/mol. The van der Waals surface area contributed by atoms with Crippen molar-refractivity contribution in [3.63, 3.8) is 0 Å². The normalized spacial score (nSPS) is 10.2. The van der Waals surface area contributed by atoms with E-state index in [1.165, 1.54) is 4.90 Å². The van der Waals surface area contributed by atoms with Gasteiger partial charge in [-0.2, -0.15) is 10.4 Å². The van der Waals surface area contributed by atoms with Crippen molar-refractivity contribution in [3.8, 4) is 6.07 Å². The van der Waals surface area contributed by atoms with Crippen LogP contribution in [-0.4, -0.2) is 22.9 Å². The fraction of sp³-hybridized carbons (Fsp3) is 0.312. The van der Waals surface area contributed by atoms with Crippen molar-refractivity contribution in [1.29, 1.82) is 5.26 Å². The summed E-state index contributed by atoms with van der Waals surface area (Å²) in [5.41, 5.74) is 2.53. The van der Waals surface area contributed by atoms with Crippen LogP contribution in [0.3, 0.4) is 0 Å². The number of nitrogens with one attached hydrogen (secondary N) is 1. The fourth-order valence-corrected chi connectivity index (χ4v) is 2.23. The first kappa shape index (κ1) is 16.8. The molecule has 2 aromatic rings. The highest BCUT2D eigenvalue weighted by Crippen LogP contribution is 2.23. The summed E-state index contributed by atoms with van der Waals surface area (Å²) in [5.74, 6) is 0.454. The lowest BCUT2D eigenvalue weighted by atomic mass is 10.2. The van der Waals surface area contributed by atoms with Crippen LogP contribution in [-0.2, 0) is 6.54 Å². The Labute approximate surface area is 140 Å². The number of benzene rings is 1. The molecule has 0 radical (unpaired) electrons. The maximum absolute atomic E-state index is 12.3. The summed E-state index contributed by atoms with van der Waals surface area (Å²) in [5, 5.41) is 16.3. The van der Waals surface area contributed by atoms with Crippen LogP contribution in [0.1, 0.15) is 17.7 Å². The molecular weight excluding hydrogens is 314 g/mol. The van der Waals surface area contributed by atoms with Gasteiger partial charge in [-0.15, -0.1) is 0 Å². The number of hydrogen-bond acceptors (Lipinski definition) is 3. The van der Waals surface area contributed by atoms with Crippen molar-refractivity contribution in [2.45, 2.75) is 26.8 Å². The number of amides is 2. The maximum atomic E-state index is 12.3. The number of carbonyl (C=O) groups is 1. The second kappa shape index (κ2) is 7.16. The van der Waals surface area contributed by atoms with Crippen molar-refractivity contribution in [1.82, 2.24) is 9.78 Å². The van der Waals surface area contributed by atoms with Crippen LogP contribution in [0.5, 0.6) is 0 Å². The van der Waals surface area contributed by atoms with E-state index in [1.54, 1.807) is 23.9 Å². The largest absolute Gasteiger partial charge is 0.327 e. The number of urea groups is 1. The van der Waals surface area contributed by atoms with Gasteiger partial charge in [0.05, 0.1) is 19.0 Å². The second-order valence-corrected chi connectivity index (χ2v) is 5.63. The molecule has 0 saturated heterocycles. The summed E-state index contributed by atoms with van der Waals surface area (Å²) >= 11 is 6.10. The molecule has 1 aromatic carbocycles. The molecule has 2 amide bonds. The number of hydrogen-bond donors (Lipinski definition) is 1. The molecule has 1 N–H and O–H groups in total. The average Bonchev–Trinajstić information content (AvgIpc) is 2.86. The van der Waals surface area contributed by atoms with Gasteiger partial charge in [-0.3, -0.25) is 14.9 Å². The molecule has 0 aliphatic heterocycles. The van der Waals surface area contributed by atoms with Crippen LogP contribution in [0.15, 0.2) is 24.3 Å². The van der Waals surface area contributed by atoms with Gasteiger partial charge in [-0.1, -0.05) is 17.7 Å². The number of nitriles is 1. The minimum Gasteiger partial charge on any atom is -0.297 e. The first-order chi connectivity index (χ1) is 10.9. The zero-order chi connectivity index (χ0) is 17.0. The third kappa shape index (κ3) is 4.02. The highest BCUT2D eigenvalue weighted by molar-refractivity contribution is 6.31. The second-order valence-electron chi connectivity index (χ2n) is 5.22. The lowest BCUT2D eigenvalue weighted by Crippen LogP contribution is -2.31. The number of rotatable bonds is 4. The van der Waals surface area contributed by atoms with Crippen molar-refractivity contribution < 1.29 is 4.79 Å². The molecule has 0 aliphatic carbocycles. The van der Waals surface area contributed by atoms with E-state index < -0.39 is 0 Å². The van der Waals surface area contributed by atoms with Crippen molar-refractivity contribution >= 4 is 29.1 Å². The molecule has 0 atom stereocenters. The minimum atomic E-state index is -0.310. The quantitative estimate of drug-likeness (QED) is 0.927. The molecule has 23 heavy (non-hydrogen) atoms. The molecule has 7 heteroatoms. The summed E-state index contributed by atoms with van der Waals surface area (Å²) in [4.78, 5) is 13.8. The highest BCUT2D eigenvalue weighted by Gasteiger charge is 2.14. The maximum Gasteiger partial charge on any atom is 0.327 e. The van der Waals surface area contributed by atoms with Crippen molar-refractivity contribution in [2.24, 2.45) is 0 Å². The van der Waals surface area contributed by atoms with Gasteiger partial charge >= 0.3 is 6.03 Å². The summed E-state index contributed by atoms with van der Waals surface area (Å²) in [7, 11) is 1.66. The van der Waals surface area contributed by atoms with Gasteiger partial charge in [0.25, 0.3) is 0 Å². The Kier molecular flexibility index (Phi) is 5.24. The van der Waals surface area contributed by atoms with Crippen molar-refractivity contribution in [2.75, 3.05) is 17.3 Å². The molecule has 0 saturated carbocycles. The molecule has 120 valence electrons. The lowest BCUT2D eigenvalue weighted by Gasteiger charge is -2.18. The SMILES string of the molecule is Cc1ccc(N(C)C(=O)Nc2cc(C)n(CCC#N)n2)cc1Cl. The van der Waals surface area contributed by atoms with Crippen molar-refractivity contribution in [3.05, 3.63) is 40.5 Å². The van der Waals surface area contributed by atoms with Crippen LogP contribution in [0.4, 0.5) is 16.3 Å². The molecule has 0 bridgehead atoms. The van der Waals surface area contributed by atoms with Gasteiger partial charge in [-0.25, -0.2) is 4.79 Å². The molecule has 0 unspecified atom stereocenters. The first-order valence-corrected chi connectivity index (χ1v) is 7.52. The average molecular weight is 332 g/mol. The Morgan fingerprint density at radius 1 is 1.43 bits per heavy atom. The number of anilines is 2. The number of carbonyl (C=O) groups excluding carboxylic acids is 1. The van der Waals surface area contributed by atoms with Gasteiger partial charge in [0, 0.05) is 29.5 Å². The van der Waals surface area contributed by atoms with E-state index in [2.05, 4.69) is 16.5 Å². The predicted molar refractivity (Wildman–Crippen MR) is 90.8 cm³/mol. The summed E-state index contributed by atoms with van der Waals surface area (Å²) in [6, 6.07) is 8.97. The van der Waals surface area contributed by atoms with E-state index in [4.69, 9.17) is 16.9 Å². The van der Waals surface area contributed by atoms with E-state index in [0.717, 1.165) is 11.3 Å². The lowest BCUT2D eigenvalue weighted by molar-refractivity contribution is 0.258. The van der Waals surface area contributed by atoms with Crippen LogP contribution >= 0.6 is 11.6 Å². The van der Waals surface area contributed by atoms with Crippen LogP contribution in [0.25, 0.3) is 0 Å². The molecule has 0 fully saturated rings. The van der Waals surface area contributed by atoms with Gasteiger partial charge in [-0.05, 0) is 31.5 Å². The van der Waals surface area contributed by atoms with E-state index in [1.807, 2.05) is 26.0 Å². The summed E-state index contributed by atoms with van der Waals surface area (Å²) in [6.45, 7) is 4.29. The third-order valence-corrected chi connectivity index (χ3v) is 3.91. The fourth-order valence-electron chi connectivity index (χ4n) is 2.05. The van der Waals surface area contributed by atoms with Gasteiger partial charge in [0.15, 0.2) is 5.82 Å². The smallest absolute Gasteiger partial charge is 0.297 e. The molecule has 0 aliphatic rings. The predicted octanol–water partition coefficient (Wildman–Crippen LogP) is 3.74. The van der Waals surface area contributed by atoms with Crippen LogP contribution in [0.2, 0.25) is 5.02 Å². The number of halogens is 1. The Morgan fingerprint density at radius 3 is 2.83 bits per heavy atom. The molecule has 1 heterocycles. The summed E-state index contributed by atoms with van der Waals surface area (Å²) < 4.78 is 1.70. The number of aryl methyl sites for hydroxylation is 3. The zero-order valence-electron chi connectivity index (χ0n) is 13.3. The molecular formula is C16H18ClN5O. The minimum absolute atomic E-state index is 0.310. The zero-order valence-corrected chi connectivity index (χ0v) is 14.1. The first-order valence-electron chi connectivity index (χ1n) is 7.14. The highest BCUT2D eigenvalue weighted by atomic mass is 35.5. The van der Waals surface area contributed by atoms with Gasteiger partial charge in [0.2, 0.25) is 0 Å². The topological polar surface area (TPSA) is 74.0 Å². The Bertz CT molecular complexity index is 762. The van der Waals surface area contributed by atoms with E-state index in [-0.39, 0.29) is 6.03 Å². The molecule has 0 spiro atoms. The Balaban J connectivity index is 2.09. The van der Waals surface area contributed by atoms with Crippen LogP contribution < -0.4 is 10.2 Å². The Morgan fingerprint density at radius 2 is 2.17 bits per heavy atom. The van der Waals surface area contributed by atoms with Gasteiger partial charge < -0.3 is 0 Å². The van der Waals surface area contributed by atoms with Gasteiger partial charge in [0.1, 0.15) is 0 Å². The standard InChI is InChI=1S/C16H18ClN5O/c1-11-5-6-13(10-14(11)17)21(3)16(23)19-15-9-12(2)22(20-15)8-4-7-18/h5-6,9-10H,4,8H2,1-3H3,(H,19,20,23). The van der Waals surface area contributed by atoms with Crippen LogP contribution in [0, 0.1) is 25.2 Å². The van der Waals surface area contributed by atoms with E-state index in [9.17, 15) is 4.79 Å². The number of nitrogens with zero attached hydrogens (tertiary/aromatic N) is 4. The Hall–Kier alpha value is -2.52. The molecule has 2 rings (SSSR count). The van der Waals surface area contributed by atoms with E-state index >= 15 is 0 Å². The molecule has 1 aromatic heterocycles. The summed E-state index contributed by atoms with van der Waals surface area (Å²) in [6.07, 6.45) is 0.373. The number of aromatic nitrogens is 2. The third-order valence-electron chi connectivity index (χ3n) is 3.50. The van der Waals surface area contributed by atoms with E-state index in [0.29, 0.717) is 29.5 Å². The molecule has 6 nitrogen and oxygen atoms in total.